The van der Waals surface area contributed by atoms with E-state index in [0.29, 0.717) is 5.92 Å². The zero-order valence-electron chi connectivity index (χ0n) is 13.4. The molecule has 118 valence electrons. The first-order valence-electron chi connectivity index (χ1n) is 7.84. The van der Waals surface area contributed by atoms with Crippen molar-refractivity contribution in [2.75, 3.05) is 38.3 Å². The van der Waals surface area contributed by atoms with Crippen molar-refractivity contribution >= 4 is 5.69 Å². The highest BCUT2D eigenvalue weighted by atomic mass is 16.5. The van der Waals surface area contributed by atoms with Crippen molar-refractivity contribution in [1.82, 2.24) is 5.32 Å². The molecule has 0 saturated carbocycles. The molecule has 2 N–H and O–H groups in total. The van der Waals surface area contributed by atoms with Crippen molar-refractivity contribution in [1.29, 1.82) is 0 Å². The fourth-order valence-electron chi connectivity index (χ4n) is 2.94. The number of ether oxygens (including phenoxy) is 1. The minimum Gasteiger partial charge on any atom is -0.393 e. The molecule has 4 heteroatoms. The molecular weight excluding hydrogens is 264 g/mol. The predicted molar refractivity (Wildman–Crippen MR) is 86.8 cm³/mol. The van der Waals surface area contributed by atoms with Gasteiger partial charge in [-0.05, 0) is 36.5 Å². The normalized spacial score (nSPS) is 22.6. The van der Waals surface area contributed by atoms with Crippen LogP contribution >= 0.6 is 0 Å². The molecule has 0 aromatic heterocycles. The Kier molecular flexibility index (Phi) is 6.03. The highest BCUT2D eigenvalue weighted by Crippen LogP contribution is 2.26. The summed E-state index contributed by atoms with van der Waals surface area (Å²) in [6.07, 6.45) is 0.715. The zero-order valence-corrected chi connectivity index (χ0v) is 13.4. The molecule has 1 fully saturated rings. The second kappa shape index (κ2) is 7.78. The van der Waals surface area contributed by atoms with Crippen LogP contribution in [0.25, 0.3) is 0 Å². The van der Waals surface area contributed by atoms with Gasteiger partial charge in [-0.15, -0.1) is 0 Å². The van der Waals surface area contributed by atoms with Crippen molar-refractivity contribution in [2.24, 2.45) is 5.92 Å². The molecular formula is C17H28N2O2. The fourth-order valence-corrected chi connectivity index (χ4v) is 2.94. The third-order valence-electron chi connectivity index (χ3n) is 4.27. The quantitative estimate of drug-likeness (QED) is 0.787. The highest BCUT2D eigenvalue weighted by molar-refractivity contribution is 5.55. The second-order valence-electron chi connectivity index (χ2n) is 6.07. The number of piperidine rings is 1. The van der Waals surface area contributed by atoms with Crippen LogP contribution in [0.1, 0.15) is 24.5 Å². The lowest BCUT2D eigenvalue weighted by Gasteiger charge is -2.36. The van der Waals surface area contributed by atoms with E-state index in [-0.39, 0.29) is 6.10 Å². The standard InChI is InChI=1S/C17H28N2O2/c1-13-10-15(11-18-7-9-21-3)4-5-16(13)19-8-6-17(20)14(2)12-19/h4-5,10,14,17-18,20H,6-9,11-12H2,1-3H3. The lowest BCUT2D eigenvalue weighted by Crippen LogP contribution is -2.42. The lowest BCUT2D eigenvalue weighted by molar-refractivity contribution is 0.0970. The topological polar surface area (TPSA) is 44.7 Å². The van der Waals surface area contributed by atoms with Crippen molar-refractivity contribution in [2.45, 2.75) is 32.9 Å². The van der Waals surface area contributed by atoms with E-state index in [4.69, 9.17) is 4.74 Å². The number of hydrogen-bond donors (Lipinski definition) is 2. The Hall–Kier alpha value is -1.10. The number of aliphatic hydroxyl groups is 1. The number of nitrogens with zero attached hydrogens (tertiary/aromatic N) is 1. The first kappa shape index (κ1) is 16.3. The number of anilines is 1. The molecule has 1 aliphatic rings. The molecule has 4 nitrogen and oxygen atoms in total. The van der Waals surface area contributed by atoms with Crippen LogP contribution < -0.4 is 10.2 Å². The van der Waals surface area contributed by atoms with Gasteiger partial charge in [-0.3, -0.25) is 0 Å². The summed E-state index contributed by atoms with van der Waals surface area (Å²) in [5.41, 5.74) is 3.91. The fraction of sp³-hybridized carbons (Fsp3) is 0.647. The van der Waals surface area contributed by atoms with Crippen LogP contribution in [-0.2, 0) is 11.3 Å². The first-order chi connectivity index (χ1) is 10.1. The molecule has 0 spiro atoms. The minimum atomic E-state index is -0.147. The number of aryl methyl sites for hydroxylation is 1. The Morgan fingerprint density at radius 2 is 2.24 bits per heavy atom. The maximum Gasteiger partial charge on any atom is 0.0599 e. The van der Waals surface area contributed by atoms with Gasteiger partial charge in [-0.25, -0.2) is 0 Å². The lowest BCUT2D eigenvalue weighted by atomic mass is 9.95. The van der Waals surface area contributed by atoms with Gasteiger partial charge in [0, 0.05) is 39.0 Å². The number of nitrogens with one attached hydrogen (secondary N) is 1. The third kappa shape index (κ3) is 4.43. The maximum absolute atomic E-state index is 9.85. The maximum atomic E-state index is 9.85. The number of aliphatic hydroxyl groups excluding tert-OH is 1. The molecule has 0 radical (unpaired) electrons. The average molecular weight is 292 g/mol. The summed E-state index contributed by atoms with van der Waals surface area (Å²) in [7, 11) is 1.72. The van der Waals surface area contributed by atoms with Gasteiger partial charge in [0.25, 0.3) is 0 Å². The summed E-state index contributed by atoms with van der Waals surface area (Å²) in [6.45, 7) is 8.67. The molecule has 0 amide bonds. The summed E-state index contributed by atoms with van der Waals surface area (Å²) in [6, 6.07) is 6.66. The van der Waals surface area contributed by atoms with Gasteiger partial charge in [-0.1, -0.05) is 19.1 Å². The Labute approximate surface area is 128 Å². The minimum absolute atomic E-state index is 0.147. The van der Waals surface area contributed by atoms with Gasteiger partial charge < -0.3 is 20.1 Å². The van der Waals surface area contributed by atoms with Gasteiger partial charge in [-0.2, -0.15) is 0 Å². The summed E-state index contributed by atoms with van der Waals surface area (Å²) < 4.78 is 5.03. The molecule has 2 rings (SSSR count). The van der Waals surface area contributed by atoms with Crippen LogP contribution in [0, 0.1) is 12.8 Å². The molecule has 1 aromatic carbocycles. The van der Waals surface area contributed by atoms with Crippen molar-refractivity contribution in [3.8, 4) is 0 Å². The summed E-state index contributed by atoms with van der Waals surface area (Å²) in [4.78, 5) is 2.40. The molecule has 1 aromatic rings. The summed E-state index contributed by atoms with van der Waals surface area (Å²) in [5.74, 6) is 0.341. The Balaban J connectivity index is 1.95. The van der Waals surface area contributed by atoms with E-state index in [9.17, 15) is 5.11 Å². The van der Waals surface area contributed by atoms with Gasteiger partial charge >= 0.3 is 0 Å². The Morgan fingerprint density at radius 3 is 2.90 bits per heavy atom. The predicted octanol–water partition coefficient (Wildman–Crippen LogP) is 1.94. The van der Waals surface area contributed by atoms with Gasteiger partial charge in [0.05, 0.1) is 12.7 Å². The molecule has 0 aliphatic carbocycles. The Bertz CT molecular complexity index is 450. The zero-order chi connectivity index (χ0) is 15.2. The number of rotatable bonds is 6. The number of hydrogen-bond acceptors (Lipinski definition) is 4. The van der Waals surface area contributed by atoms with Crippen LogP contribution in [0.15, 0.2) is 18.2 Å². The molecule has 21 heavy (non-hydrogen) atoms. The number of methoxy groups -OCH3 is 1. The highest BCUT2D eigenvalue weighted by Gasteiger charge is 2.24. The van der Waals surface area contributed by atoms with Gasteiger partial charge in [0.1, 0.15) is 0 Å². The second-order valence-corrected chi connectivity index (χ2v) is 6.07. The van der Waals surface area contributed by atoms with Crippen LogP contribution in [0.5, 0.6) is 0 Å². The van der Waals surface area contributed by atoms with E-state index in [1.807, 2.05) is 0 Å². The van der Waals surface area contributed by atoms with Crippen LogP contribution in [-0.4, -0.2) is 44.6 Å². The van der Waals surface area contributed by atoms with Crippen LogP contribution in [0.2, 0.25) is 0 Å². The molecule has 2 unspecified atom stereocenters. The van der Waals surface area contributed by atoms with Crippen molar-refractivity contribution < 1.29 is 9.84 Å². The largest absolute Gasteiger partial charge is 0.393 e. The summed E-state index contributed by atoms with van der Waals surface area (Å²) in [5, 5.41) is 13.2. The van der Waals surface area contributed by atoms with Gasteiger partial charge in [0.15, 0.2) is 0 Å². The van der Waals surface area contributed by atoms with Crippen molar-refractivity contribution in [3.63, 3.8) is 0 Å². The van der Waals surface area contributed by atoms with Gasteiger partial charge in [0.2, 0.25) is 0 Å². The average Bonchev–Trinajstić information content (AvgIpc) is 2.47. The molecule has 1 saturated heterocycles. The van der Waals surface area contributed by atoms with Crippen LogP contribution in [0.4, 0.5) is 5.69 Å². The third-order valence-corrected chi connectivity index (χ3v) is 4.27. The van der Waals surface area contributed by atoms with Crippen molar-refractivity contribution in [3.05, 3.63) is 29.3 Å². The SMILES string of the molecule is COCCNCc1ccc(N2CCC(O)C(C)C2)c(C)c1. The van der Waals surface area contributed by atoms with E-state index in [1.165, 1.54) is 16.8 Å². The van der Waals surface area contributed by atoms with E-state index in [2.05, 4.69) is 42.3 Å². The van der Waals surface area contributed by atoms with E-state index in [1.54, 1.807) is 7.11 Å². The summed E-state index contributed by atoms with van der Waals surface area (Å²) >= 11 is 0. The van der Waals surface area contributed by atoms with E-state index >= 15 is 0 Å². The molecule has 1 aliphatic heterocycles. The molecule has 0 bridgehead atoms. The molecule has 1 heterocycles. The number of benzene rings is 1. The van der Waals surface area contributed by atoms with Crippen LogP contribution in [0.3, 0.4) is 0 Å². The smallest absolute Gasteiger partial charge is 0.0599 e. The Morgan fingerprint density at radius 1 is 1.43 bits per heavy atom. The first-order valence-corrected chi connectivity index (χ1v) is 7.84. The molecule has 2 atom stereocenters. The van der Waals surface area contributed by atoms with E-state index in [0.717, 1.165) is 39.2 Å². The monoisotopic (exact) mass is 292 g/mol. The van der Waals surface area contributed by atoms with E-state index < -0.39 is 0 Å².